The lowest BCUT2D eigenvalue weighted by atomic mass is 9.97. The van der Waals surface area contributed by atoms with Crippen molar-refractivity contribution in [2.75, 3.05) is 27.2 Å². The smallest absolute Gasteiger partial charge is 0.416 e. The number of carbonyl (C=O) groups excluding carboxylic acids is 2. The van der Waals surface area contributed by atoms with E-state index in [0.717, 1.165) is 24.7 Å². The van der Waals surface area contributed by atoms with Crippen LogP contribution in [0, 0.1) is 0 Å². The summed E-state index contributed by atoms with van der Waals surface area (Å²) in [5, 5.41) is -0.0472. The average Bonchev–Trinajstić information content (AvgIpc) is 3.08. The molecule has 0 saturated heterocycles. The second kappa shape index (κ2) is 8.08. The molecule has 3 rings (SSSR count). The van der Waals surface area contributed by atoms with Gasteiger partial charge >= 0.3 is 6.18 Å². The Balaban J connectivity index is 1.93. The number of alkyl halides is 3. The predicted molar refractivity (Wildman–Crippen MR) is 101 cm³/mol. The van der Waals surface area contributed by atoms with Crippen molar-refractivity contribution in [3.8, 4) is 11.5 Å². The highest BCUT2D eigenvalue weighted by Crippen LogP contribution is 2.37. The summed E-state index contributed by atoms with van der Waals surface area (Å²) in [6, 6.07) is 2.65. The normalized spacial score (nSPS) is 16.0. The summed E-state index contributed by atoms with van der Waals surface area (Å²) in [6.07, 6.45) is -4.13. The Morgan fingerprint density at radius 3 is 2.66 bits per heavy atom. The molecule has 0 aliphatic heterocycles. The number of ketones is 2. The van der Waals surface area contributed by atoms with E-state index in [9.17, 15) is 22.8 Å². The van der Waals surface area contributed by atoms with Gasteiger partial charge in [-0.05, 0) is 45.3 Å². The second-order valence-electron chi connectivity index (χ2n) is 6.80. The molecule has 1 aromatic heterocycles. The van der Waals surface area contributed by atoms with Gasteiger partial charge in [0.15, 0.2) is 5.69 Å². The highest BCUT2D eigenvalue weighted by molar-refractivity contribution is 6.52. The molecule has 0 bridgehead atoms. The Kier molecular flexibility index (Phi) is 5.90. The molecule has 6 nitrogen and oxygen atoms in total. The minimum atomic E-state index is -4.59. The number of Topliss-reactive ketones (excluding diaryl/α,β-unsaturated/α-hetero) is 2. The predicted octanol–water partition coefficient (Wildman–Crippen LogP) is 4.18. The van der Waals surface area contributed by atoms with Crippen LogP contribution in [0.2, 0.25) is 5.02 Å². The Morgan fingerprint density at radius 2 is 2.00 bits per heavy atom. The van der Waals surface area contributed by atoms with E-state index in [-0.39, 0.29) is 40.1 Å². The maximum Gasteiger partial charge on any atom is 0.416 e. The molecule has 0 spiro atoms. The SMILES string of the molecule is CN(C)CCCN=C1CC(=O)c2oc(-c3cc(C(F)(F)F)ccc3Cl)nc2C1=O. The molecule has 0 fully saturated rings. The first-order valence-corrected chi connectivity index (χ1v) is 9.09. The van der Waals surface area contributed by atoms with Crippen molar-refractivity contribution < 1.29 is 27.2 Å². The maximum atomic E-state index is 13.0. The number of carbonyl (C=O) groups is 2. The molecule has 154 valence electrons. The lowest BCUT2D eigenvalue weighted by Gasteiger charge is -2.10. The van der Waals surface area contributed by atoms with Gasteiger partial charge in [-0.3, -0.25) is 14.6 Å². The first-order valence-electron chi connectivity index (χ1n) is 8.72. The van der Waals surface area contributed by atoms with E-state index in [2.05, 4.69) is 9.98 Å². The zero-order chi connectivity index (χ0) is 21.3. The van der Waals surface area contributed by atoms with Crippen molar-refractivity contribution in [3.05, 3.63) is 40.2 Å². The highest BCUT2D eigenvalue weighted by atomic mass is 35.5. The van der Waals surface area contributed by atoms with Gasteiger partial charge in [0.05, 0.1) is 28.3 Å². The Labute approximate surface area is 169 Å². The fraction of sp³-hybridized carbons (Fsp3) is 0.368. The summed E-state index contributed by atoms with van der Waals surface area (Å²) in [5.41, 5.74) is -1.29. The molecule has 0 atom stereocenters. The summed E-state index contributed by atoms with van der Waals surface area (Å²) in [7, 11) is 3.81. The van der Waals surface area contributed by atoms with Crippen LogP contribution in [0.1, 0.15) is 39.4 Å². The number of oxazole rings is 1. The van der Waals surface area contributed by atoms with Crippen molar-refractivity contribution in [2.45, 2.75) is 19.0 Å². The lowest BCUT2D eigenvalue weighted by Crippen LogP contribution is -2.27. The van der Waals surface area contributed by atoms with E-state index in [0.29, 0.717) is 13.0 Å². The third-order valence-corrected chi connectivity index (χ3v) is 4.61. The van der Waals surface area contributed by atoms with Crippen LogP contribution in [0.25, 0.3) is 11.5 Å². The lowest BCUT2D eigenvalue weighted by molar-refractivity contribution is -0.137. The number of aliphatic imine (C=N–C) groups is 1. The summed E-state index contributed by atoms with van der Waals surface area (Å²) < 4.78 is 44.3. The van der Waals surface area contributed by atoms with Gasteiger partial charge in [0.1, 0.15) is 0 Å². The Hall–Kier alpha value is -2.52. The first-order chi connectivity index (χ1) is 13.6. The van der Waals surface area contributed by atoms with Crippen LogP contribution in [0.4, 0.5) is 13.2 Å². The molecular formula is C19H17ClF3N3O3. The molecule has 0 N–H and O–H groups in total. The van der Waals surface area contributed by atoms with Crippen LogP contribution in [0.3, 0.4) is 0 Å². The highest BCUT2D eigenvalue weighted by Gasteiger charge is 2.36. The zero-order valence-corrected chi connectivity index (χ0v) is 16.4. The van der Waals surface area contributed by atoms with Gasteiger partial charge in [-0.1, -0.05) is 11.6 Å². The van der Waals surface area contributed by atoms with Gasteiger partial charge in [-0.25, -0.2) is 4.98 Å². The Bertz CT molecular complexity index is 996. The molecular weight excluding hydrogens is 411 g/mol. The number of fused-ring (bicyclic) bond motifs is 1. The van der Waals surface area contributed by atoms with Crippen LogP contribution < -0.4 is 0 Å². The van der Waals surface area contributed by atoms with Gasteiger partial charge in [-0.15, -0.1) is 0 Å². The van der Waals surface area contributed by atoms with Crippen molar-refractivity contribution >= 4 is 28.9 Å². The van der Waals surface area contributed by atoms with E-state index in [1.807, 2.05) is 19.0 Å². The number of rotatable bonds is 5. The molecule has 0 amide bonds. The van der Waals surface area contributed by atoms with Crippen molar-refractivity contribution in [1.82, 2.24) is 9.88 Å². The summed E-state index contributed by atoms with van der Waals surface area (Å²) in [4.78, 5) is 35.1. The summed E-state index contributed by atoms with van der Waals surface area (Å²) in [5.74, 6) is -1.68. The monoisotopic (exact) mass is 427 g/mol. The third-order valence-electron chi connectivity index (χ3n) is 4.28. The number of hydrogen-bond acceptors (Lipinski definition) is 6. The molecule has 0 radical (unpaired) electrons. The molecule has 0 saturated carbocycles. The summed E-state index contributed by atoms with van der Waals surface area (Å²) in [6.45, 7) is 1.14. The van der Waals surface area contributed by atoms with Crippen LogP contribution in [0.5, 0.6) is 0 Å². The molecule has 29 heavy (non-hydrogen) atoms. The van der Waals surface area contributed by atoms with Crippen LogP contribution in [-0.2, 0) is 6.18 Å². The molecule has 1 aromatic carbocycles. The minimum absolute atomic E-state index is 0.0472. The molecule has 1 heterocycles. The van der Waals surface area contributed by atoms with Crippen molar-refractivity contribution in [2.24, 2.45) is 4.99 Å². The quantitative estimate of drug-likeness (QED) is 0.669. The van der Waals surface area contributed by atoms with Gasteiger partial charge < -0.3 is 9.32 Å². The van der Waals surface area contributed by atoms with Crippen molar-refractivity contribution in [1.29, 1.82) is 0 Å². The molecule has 2 aromatic rings. The molecule has 1 aliphatic rings. The topological polar surface area (TPSA) is 75.8 Å². The van der Waals surface area contributed by atoms with E-state index >= 15 is 0 Å². The molecule has 0 unspecified atom stereocenters. The largest absolute Gasteiger partial charge is 0.432 e. The maximum absolute atomic E-state index is 13.0. The fourth-order valence-electron chi connectivity index (χ4n) is 2.82. The Morgan fingerprint density at radius 1 is 1.28 bits per heavy atom. The third kappa shape index (κ3) is 4.56. The van der Waals surface area contributed by atoms with Crippen LogP contribution in [0.15, 0.2) is 27.6 Å². The number of aromatic nitrogens is 1. The van der Waals surface area contributed by atoms with E-state index in [4.69, 9.17) is 16.0 Å². The number of benzene rings is 1. The molecule has 1 aliphatic carbocycles. The van der Waals surface area contributed by atoms with Gasteiger partial charge in [-0.2, -0.15) is 13.2 Å². The van der Waals surface area contributed by atoms with Gasteiger partial charge in [0.2, 0.25) is 23.2 Å². The van der Waals surface area contributed by atoms with Gasteiger partial charge in [0, 0.05) is 6.54 Å². The first kappa shape index (κ1) is 21.2. The van der Waals surface area contributed by atoms with E-state index < -0.39 is 23.3 Å². The fourth-order valence-corrected chi connectivity index (χ4v) is 3.02. The van der Waals surface area contributed by atoms with Crippen molar-refractivity contribution in [3.63, 3.8) is 0 Å². The van der Waals surface area contributed by atoms with E-state index in [1.165, 1.54) is 0 Å². The zero-order valence-electron chi connectivity index (χ0n) is 15.6. The standard InChI is InChI=1S/C19H17ClF3N3O3/c1-26(2)7-3-6-24-13-9-14(27)17-15(16(13)28)25-18(29-17)11-8-10(19(21,22)23)4-5-12(11)20/h4-5,8H,3,6-7,9H2,1-2H3. The summed E-state index contributed by atoms with van der Waals surface area (Å²) >= 11 is 5.99. The molecule has 10 heteroatoms. The number of nitrogens with zero attached hydrogens (tertiary/aromatic N) is 3. The van der Waals surface area contributed by atoms with Gasteiger partial charge in [0.25, 0.3) is 0 Å². The van der Waals surface area contributed by atoms with Crippen LogP contribution in [-0.4, -0.2) is 54.3 Å². The van der Waals surface area contributed by atoms with Crippen LogP contribution >= 0.6 is 11.6 Å². The second-order valence-corrected chi connectivity index (χ2v) is 7.21. The number of hydrogen-bond donors (Lipinski definition) is 0. The minimum Gasteiger partial charge on any atom is -0.432 e. The average molecular weight is 428 g/mol. The van der Waals surface area contributed by atoms with E-state index in [1.54, 1.807) is 0 Å². The number of halogens is 4.